The Balaban J connectivity index is 1.84. The van der Waals surface area contributed by atoms with Gasteiger partial charge in [-0.15, -0.1) is 0 Å². The van der Waals surface area contributed by atoms with Crippen LogP contribution in [0.5, 0.6) is 0 Å². The molecule has 5 heteroatoms. The van der Waals surface area contributed by atoms with Crippen molar-refractivity contribution in [2.75, 3.05) is 33.2 Å². The van der Waals surface area contributed by atoms with Crippen LogP contribution in [0.3, 0.4) is 0 Å². The molecule has 1 aliphatic heterocycles. The summed E-state index contributed by atoms with van der Waals surface area (Å²) in [6.07, 6.45) is 2.49. The number of hydrogen-bond donors (Lipinski definition) is 1. The average molecular weight is 268 g/mol. The normalized spacial score (nSPS) is 29.2. The molecule has 0 aromatic carbocycles. The minimum absolute atomic E-state index is 0.0170. The van der Waals surface area contributed by atoms with Crippen molar-refractivity contribution >= 4 is 11.9 Å². The SMILES string of the molecule is CN(CCN1CCCC1)C(=O)[C@H]1[C@@H](C(=O)O)C1(C)C. The molecule has 0 spiro atoms. The van der Waals surface area contributed by atoms with Crippen molar-refractivity contribution in [3.05, 3.63) is 0 Å². The van der Waals surface area contributed by atoms with E-state index >= 15 is 0 Å². The molecule has 108 valence electrons. The molecule has 1 saturated carbocycles. The van der Waals surface area contributed by atoms with Gasteiger partial charge in [0.25, 0.3) is 0 Å². The van der Waals surface area contributed by atoms with Gasteiger partial charge in [-0.1, -0.05) is 13.8 Å². The van der Waals surface area contributed by atoms with Crippen LogP contribution in [-0.4, -0.2) is 60.0 Å². The number of likely N-dealkylation sites (N-methyl/N-ethyl adjacent to an activating group) is 1. The molecule has 1 heterocycles. The molecule has 2 rings (SSSR count). The Kier molecular flexibility index (Phi) is 3.85. The first kappa shape index (κ1) is 14.3. The Morgan fingerprint density at radius 2 is 1.84 bits per heavy atom. The van der Waals surface area contributed by atoms with Crippen molar-refractivity contribution in [2.24, 2.45) is 17.3 Å². The monoisotopic (exact) mass is 268 g/mol. The quantitative estimate of drug-likeness (QED) is 0.804. The number of carboxylic acids is 1. The third kappa shape index (κ3) is 2.76. The van der Waals surface area contributed by atoms with E-state index < -0.39 is 17.3 Å². The summed E-state index contributed by atoms with van der Waals surface area (Å²) < 4.78 is 0. The maximum atomic E-state index is 12.3. The van der Waals surface area contributed by atoms with Crippen molar-refractivity contribution in [3.8, 4) is 0 Å². The van der Waals surface area contributed by atoms with Crippen molar-refractivity contribution in [1.29, 1.82) is 0 Å². The van der Waals surface area contributed by atoms with Crippen molar-refractivity contribution in [3.63, 3.8) is 0 Å². The number of carbonyl (C=O) groups excluding carboxylic acids is 1. The molecule has 5 nitrogen and oxygen atoms in total. The van der Waals surface area contributed by atoms with Crippen molar-refractivity contribution in [2.45, 2.75) is 26.7 Å². The minimum atomic E-state index is -0.851. The van der Waals surface area contributed by atoms with Gasteiger partial charge in [0.1, 0.15) is 0 Å². The van der Waals surface area contributed by atoms with Gasteiger partial charge in [0.05, 0.1) is 11.8 Å². The Labute approximate surface area is 114 Å². The molecule has 1 amide bonds. The zero-order valence-corrected chi connectivity index (χ0v) is 12.1. The van der Waals surface area contributed by atoms with E-state index in [9.17, 15) is 9.59 Å². The first-order chi connectivity index (χ1) is 8.85. The van der Waals surface area contributed by atoms with Crippen molar-refractivity contribution in [1.82, 2.24) is 9.80 Å². The average Bonchev–Trinajstić information content (AvgIpc) is 2.73. The summed E-state index contributed by atoms with van der Waals surface area (Å²) in [6, 6.07) is 0. The summed E-state index contributed by atoms with van der Waals surface area (Å²) in [4.78, 5) is 27.4. The molecule has 2 fully saturated rings. The molecule has 0 unspecified atom stereocenters. The summed E-state index contributed by atoms with van der Waals surface area (Å²) in [7, 11) is 1.78. The number of rotatable bonds is 5. The van der Waals surface area contributed by atoms with E-state index in [1.54, 1.807) is 11.9 Å². The Bertz CT molecular complexity index is 375. The van der Waals surface area contributed by atoms with Crippen LogP contribution in [0, 0.1) is 17.3 Å². The van der Waals surface area contributed by atoms with Crippen molar-refractivity contribution < 1.29 is 14.7 Å². The highest BCUT2D eigenvalue weighted by Gasteiger charge is 2.66. The van der Waals surface area contributed by atoms with E-state index in [1.165, 1.54) is 12.8 Å². The van der Waals surface area contributed by atoms with E-state index in [0.29, 0.717) is 6.54 Å². The van der Waals surface area contributed by atoms with Gasteiger partial charge in [0, 0.05) is 20.1 Å². The van der Waals surface area contributed by atoms with E-state index in [1.807, 2.05) is 13.8 Å². The fraction of sp³-hybridized carbons (Fsp3) is 0.857. The van der Waals surface area contributed by atoms with Crippen LogP contribution in [0.1, 0.15) is 26.7 Å². The lowest BCUT2D eigenvalue weighted by atomic mass is 10.1. The van der Waals surface area contributed by atoms with E-state index in [-0.39, 0.29) is 11.8 Å². The second-order valence-electron chi connectivity index (χ2n) is 6.42. The number of nitrogens with zero attached hydrogens (tertiary/aromatic N) is 2. The maximum absolute atomic E-state index is 12.3. The summed E-state index contributed by atoms with van der Waals surface area (Å²) in [5, 5.41) is 9.11. The topological polar surface area (TPSA) is 60.9 Å². The molecule has 0 radical (unpaired) electrons. The Morgan fingerprint density at radius 1 is 1.26 bits per heavy atom. The van der Waals surface area contributed by atoms with Crippen LogP contribution >= 0.6 is 0 Å². The van der Waals surface area contributed by atoms with Crippen LogP contribution in [0.4, 0.5) is 0 Å². The fourth-order valence-corrected chi connectivity index (χ4v) is 3.20. The summed E-state index contributed by atoms with van der Waals surface area (Å²) in [6.45, 7) is 7.56. The molecular weight excluding hydrogens is 244 g/mol. The molecule has 2 aliphatic rings. The predicted molar refractivity (Wildman–Crippen MR) is 71.7 cm³/mol. The Hall–Kier alpha value is -1.10. The summed E-state index contributed by atoms with van der Waals surface area (Å²) >= 11 is 0. The number of amides is 1. The second-order valence-corrected chi connectivity index (χ2v) is 6.42. The first-order valence-corrected chi connectivity index (χ1v) is 7.06. The minimum Gasteiger partial charge on any atom is -0.481 e. The number of aliphatic carboxylic acids is 1. The number of hydrogen-bond acceptors (Lipinski definition) is 3. The zero-order chi connectivity index (χ0) is 14.2. The zero-order valence-electron chi connectivity index (χ0n) is 12.1. The first-order valence-electron chi connectivity index (χ1n) is 7.06. The van der Waals surface area contributed by atoms with E-state index in [0.717, 1.165) is 19.6 Å². The van der Waals surface area contributed by atoms with Gasteiger partial charge in [-0.05, 0) is 31.3 Å². The number of carboxylic acid groups (broad SMARTS) is 1. The summed E-state index contributed by atoms with van der Waals surface area (Å²) in [5.74, 6) is -1.74. The largest absolute Gasteiger partial charge is 0.481 e. The van der Waals surface area contributed by atoms with Crippen LogP contribution < -0.4 is 0 Å². The molecular formula is C14H24N2O3. The predicted octanol–water partition coefficient (Wildman–Crippen LogP) is 0.897. The molecule has 19 heavy (non-hydrogen) atoms. The second kappa shape index (κ2) is 5.12. The van der Waals surface area contributed by atoms with E-state index in [4.69, 9.17) is 5.11 Å². The van der Waals surface area contributed by atoms with Gasteiger partial charge < -0.3 is 14.9 Å². The van der Waals surface area contributed by atoms with Gasteiger partial charge in [0.15, 0.2) is 0 Å². The molecule has 0 aromatic heterocycles. The third-order valence-corrected chi connectivity index (χ3v) is 4.69. The molecule has 0 bridgehead atoms. The molecule has 1 aliphatic carbocycles. The standard InChI is InChI=1S/C14H24N2O3/c1-14(2)10(11(14)13(18)19)12(17)15(3)8-9-16-6-4-5-7-16/h10-11H,4-9H2,1-3H3,(H,18,19)/t10-,11+/m1/s1. The summed E-state index contributed by atoms with van der Waals surface area (Å²) in [5.41, 5.74) is -0.398. The van der Waals surface area contributed by atoms with Gasteiger partial charge >= 0.3 is 5.97 Å². The van der Waals surface area contributed by atoms with Crippen LogP contribution in [0.15, 0.2) is 0 Å². The van der Waals surface area contributed by atoms with E-state index in [2.05, 4.69) is 4.90 Å². The highest BCUT2D eigenvalue weighted by molar-refractivity contribution is 5.91. The lowest BCUT2D eigenvalue weighted by Crippen LogP contribution is -2.36. The lowest BCUT2D eigenvalue weighted by Gasteiger charge is -2.22. The molecule has 1 saturated heterocycles. The van der Waals surface area contributed by atoms with Gasteiger partial charge in [0.2, 0.25) is 5.91 Å². The lowest BCUT2D eigenvalue weighted by molar-refractivity contribution is -0.141. The fourth-order valence-electron chi connectivity index (χ4n) is 3.20. The molecule has 0 aromatic rings. The van der Waals surface area contributed by atoms with Crippen LogP contribution in [0.25, 0.3) is 0 Å². The highest BCUT2D eigenvalue weighted by atomic mass is 16.4. The third-order valence-electron chi connectivity index (χ3n) is 4.69. The van der Waals surface area contributed by atoms with Gasteiger partial charge in [-0.3, -0.25) is 9.59 Å². The number of likely N-dealkylation sites (tertiary alicyclic amines) is 1. The van der Waals surface area contributed by atoms with Crippen LogP contribution in [-0.2, 0) is 9.59 Å². The highest BCUT2D eigenvalue weighted by Crippen LogP contribution is 2.58. The maximum Gasteiger partial charge on any atom is 0.307 e. The number of carbonyl (C=O) groups is 2. The van der Waals surface area contributed by atoms with Gasteiger partial charge in [-0.25, -0.2) is 0 Å². The smallest absolute Gasteiger partial charge is 0.307 e. The molecule has 2 atom stereocenters. The van der Waals surface area contributed by atoms with Gasteiger partial charge in [-0.2, -0.15) is 0 Å². The van der Waals surface area contributed by atoms with Crippen LogP contribution in [0.2, 0.25) is 0 Å². The Morgan fingerprint density at radius 3 is 2.32 bits per heavy atom. The molecule has 1 N–H and O–H groups in total.